The van der Waals surface area contributed by atoms with Gasteiger partial charge < -0.3 is 9.64 Å². The van der Waals surface area contributed by atoms with Gasteiger partial charge in [-0.3, -0.25) is 4.79 Å². The van der Waals surface area contributed by atoms with Gasteiger partial charge in [0.1, 0.15) is 0 Å². The summed E-state index contributed by atoms with van der Waals surface area (Å²) < 4.78 is 5.21. The predicted octanol–water partition coefficient (Wildman–Crippen LogP) is 3.38. The second-order valence-electron chi connectivity index (χ2n) is 5.85. The van der Waals surface area contributed by atoms with E-state index in [0.717, 1.165) is 34.8 Å². The number of thiazole rings is 1. The molecule has 1 saturated heterocycles. The number of hydrogen-bond donors (Lipinski definition) is 0. The van der Waals surface area contributed by atoms with E-state index in [1.807, 2.05) is 31.2 Å². The number of ether oxygens (including phenoxy) is 1. The molecule has 2 heterocycles. The van der Waals surface area contributed by atoms with Crippen molar-refractivity contribution in [1.29, 1.82) is 0 Å². The number of anilines is 1. The summed E-state index contributed by atoms with van der Waals surface area (Å²) in [5.41, 5.74) is 4.59. The van der Waals surface area contributed by atoms with E-state index in [9.17, 15) is 9.59 Å². The first kappa shape index (κ1) is 17.4. The SMILES string of the molecule is Cc1ncsc1CCOC(=O)/C=C/c1ccc(N2CCCC2=O)cc1. The minimum Gasteiger partial charge on any atom is -0.462 e. The topological polar surface area (TPSA) is 59.5 Å². The molecule has 0 saturated carbocycles. The maximum Gasteiger partial charge on any atom is 0.330 e. The van der Waals surface area contributed by atoms with Crippen LogP contribution >= 0.6 is 11.3 Å². The second-order valence-corrected chi connectivity index (χ2v) is 6.79. The molecular weight excluding hydrogens is 336 g/mol. The van der Waals surface area contributed by atoms with Crippen LogP contribution in [0.5, 0.6) is 0 Å². The van der Waals surface area contributed by atoms with E-state index < -0.39 is 0 Å². The molecule has 5 nitrogen and oxygen atoms in total. The van der Waals surface area contributed by atoms with Crippen molar-refractivity contribution in [2.75, 3.05) is 18.1 Å². The van der Waals surface area contributed by atoms with Crippen LogP contribution in [-0.2, 0) is 20.7 Å². The van der Waals surface area contributed by atoms with Gasteiger partial charge in [-0.1, -0.05) is 12.1 Å². The molecule has 6 heteroatoms. The average molecular weight is 356 g/mol. The van der Waals surface area contributed by atoms with Crippen molar-refractivity contribution in [3.63, 3.8) is 0 Å². The molecule has 1 aromatic heterocycles. The van der Waals surface area contributed by atoms with E-state index in [0.29, 0.717) is 19.4 Å². The standard InChI is InChI=1S/C19H20N2O3S/c1-14-17(25-13-20-14)10-12-24-19(23)9-6-15-4-7-16(8-5-15)21-11-2-3-18(21)22/h4-9,13H,2-3,10-12H2,1H3/b9-6+. The molecule has 130 valence electrons. The van der Waals surface area contributed by atoms with E-state index in [-0.39, 0.29) is 11.9 Å². The van der Waals surface area contributed by atoms with E-state index in [2.05, 4.69) is 4.98 Å². The lowest BCUT2D eigenvalue weighted by molar-refractivity contribution is -0.137. The zero-order valence-electron chi connectivity index (χ0n) is 14.1. The number of carbonyl (C=O) groups excluding carboxylic acids is 2. The maximum atomic E-state index is 11.8. The Bertz CT molecular complexity index is 780. The highest BCUT2D eigenvalue weighted by Crippen LogP contribution is 2.21. The fourth-order valence-electron chi connectivity index (χ4n) is 2.71. The van der Waals surface area contributed by atoms with Crippen molar-refractivity contribution in [3.8, 4) is 0 Å². The molecular formula is C19H20N2O3S. The molecule has 1 aliphatic heterocycles. The third kappa shape index (κ3) is 4.54. The number of aromatic nitrogens is 1. The van der Waals surface area contributed by atoms with Gasteiger partial charge in [0.15, 0.2) is 0 Å². The van der Waals surface area contributed by atoms with Crippen LogP contribution < -0.4 is 4.90 Å². The lowest BCUT2D eigenvalue weighted by Gasteiger charge is -2.15. The van der Waals surface area contributed by atoms with Crippen LogP contribution in [0.25, 0.3) is 6.08 Å². The molecule has 1 aliphatic rings. The Balaban J connectivity index is 1.48. The third-order valence-corrected chi connectivity index (χ3v) is 5.10. The molecule has 0 unspecified atom stereocenters. The van der Waals surface area contributed by atoms with Gasteiger partial charge in [0.2, 0.25) is 5.91 Å². The van der Waals surface area contributed by atoms with Gasteiger partial charge in [-0.15, -0.1) is 11.3 Å². The van der Waals surface area contributed by atoms with Gasteiger partial charge in [0, 0.05) is 36.0 Å². The summed E-state index contributed by atoms with van der Waals surface area (Å²) in [5.74, 6) is -0.191. The highest BCUT2D eigenvalue weighted by atomic mass is 32.1. The molecule has 0 aliphatic carbocycles. The molecule has 3 rings (SSSR count). The zero-order chi connectivity index (χ0) is 17.6. The minimum absolute atomic E-state index is 0.169. The van der Waals surface area contributed by atoms with Crippen LogP contribution in [-0.4, -0.2) is 30.0 Å². The van der Waals surface area contributed by atoms with Crippen molar-refractivity contribution in [2.45, 2.75) is 26.2 Å². The Kier molecular flexibility index (Phi) is 5.60. The number of carbonyl (C=O) groups is 2. The van der Waals surface area contributed by atoms with E-state index in [1.165, 1.54) is 6.08 Å². The number of amides is 1. The van der Waals surface area contributed by atoms with Crippen molar-refractivity contribution < 1.29 is 14.3 Å². The van der Waals surface area contributed by atoms with Crippen LogP contribution in [0.15, 0.2) is 35.9 Å². The van der Waals surface area contributed by atoms with E-state index in [4.69, 9.17) is 4.74 Å². The normalized spacial score (nSPS) is 14.4. The van der Waals surface area contributed by atoms with E-state index >= 15 is 0 Å². The van der Waals surface area contributed by atoms with Crippen LogP contribution in [0, 0.1) is 6.92 Å². The predicted molar refractivity (Wildman–Crippen MR) is 98.6 cm³/mol. The largest absolute Gasteiger partial charge is 0.462 e. The third-order valence-electron chi connectivity index (χ3n) is 4.11. The fraction of sp³-hybridized carbons (Fsp3) is 0.316. The van der Waals surface area contributed by atoms with Crippen molar-refractivity contribution >= 4 is 35.0 Å². The monoisotopic (exact) mass is 356 g/mol. The van der Waals surface area contributed by atoms with Crippen molar-refractivity contribution in [3.05, 3.63) is 52.0 Å². The number of esters is 1. The first-order chi connectivity index (χ1) is 12.1. The zero-order valence-corrected chi connectivity index (χ0v) is 14.9. The summed E-state index contributed by atoms with van der Waals surface area (Å²) in [6, 6.07) is 7.60. The lowest BCUT2D eigenvalue weighted by Crippen LogP contribution is -2.23. The second kappa shape index (κ2) is 8.07. The molecule has 2 aromatic rings. The minimum atomic E-state index is -0.360. The van der Waals surface area contributed by atoms with Crippen molar-refractivity contribution in [1.82, 2.24) is 4.98 Å². The molecule has 0 spiro atoms. The summed E-state index contributed by atoms with van der Waals surface area (Å²) in [6.45, 7) is 3.08. The Labute approximate surface area is 150 Å². The summed E-state index contributed by atoms with van der Waals surface area (Å²) in [7, 11) is 0. The fourth-order valence-corrected chi connectivity index (χ4v) is 3.47. The van der Waals surface area contributed by atoms with Crippen molar-refractivity contribution in [2.24, 2.45) is 0 Å². The first-order valence-electron chi connectivity index (χ1n) is 8.28. The Hall–Kier alpha value is -2.47. The van der Waals surface area contributed by atoms with Gasteiger partial charge in [0.05, 0.1) is 17.8 Å². The number of nitrogens with zero attached hydrogens (tertiary/aromatic N) is 2. The highest BCUT2D eigenvalue weighted by molar-refractivity contribution is 7.09. The average Bonchev–Trinajstić information content (AvgIpc) is 3.22. The number of rotatable bonds is 6. The summed E-state index contributed by atoms with van der Waals surface area (Å²) in [4.78, 5) is 30.6. The van der Waals surface area contributed by atoms with Gasteiger partial charge >= 0.3 is 5.97 Å². The molecule has 0 atom stereocenters. The molecule has 1 amide bonds. The maximum absolute atomic E-state index is 11.8. The van der Waals surface area contributed by atoms with Crippen LogP contribution in [0.3, 0.4) is 0 Å². The van der Waals surface area contributed by atoms with E-state index in [1.54, 1.807) is 27.8 Å². The van der Waals surface area contributed by atoms with Crippen LogP contribution in [0.2, 0.25) is 0 Å². The Morgan fingerprint density at radius 1 is 1.36 bits per heavy atom. The molecule has 1 aromatic carbocycles. The molecule has 0 radical (unpaired) electrons. The highest BCUT2D eigenvalue weighted by Gasteiger charge is 2.21. The van der Waals surface area contributed by atoms with Gasteiger partial charge in [0.25, 0.3) is 0 Å². The summed E-state index contributed by atoms with van der Waals surface area (Å²) in [6.07, 6.45) is 5.36. The van der Waals surface area contributed by atoms with Crippen LogP contribution in [0.1, 0.15) is 29.0 Å². The van der Waals surface area contributed by atoms with Gasteiger partial charge in [-0.05, 0) is 37.1 Å². The molecule has 1 fully saturated rings. The quantitative estimate of drug-likeness (QED) is 0.588. The number of hydrogen-bond acceptors (Lipinski definition) is 5. The Morgan fingerprint density at radius 2 is 2.16 bits per heavy atom. The molecule has 0 bridgehead atoms. The summed E-state index contributed by atoms with van der Waals surface area (Å²) in [5, 5.41) is 0. The first-order valence-corrected chi connectivity index (χ1v) is 9.15. The molecule has 0 N–H and O–H groups in total. The summed E-state index contributed by atoms with van der Waals surface area (Å²) >= 11 is 1.57. The smallest absolute Gasteiger partial charge is 0.330 e. The van der Waals surface area contributed by atoms with Crippen LogP contribution in [0.4, 0.5) is 5.69 Å². The van der Waals surface area contributed by atoms with Gasteiger partial charge in [-0.2, -0.15) is 0 Å². The lowest BCUT2D eigenvalue weighted by atomic mass is 10.2. The Morgan fingerprint density at radius 3 is 2.80 bits per heavy atom. The number of benzene rings is 1. The number of aryl methyl sites for hydroxylation is 1. The molecule has 25 heavy (non-hydrogen) atoms. The van der Waals surface area contributed by atoms with Gasteiger partial charge in [-0.25, -0.2) is 9.78 Å².